The molecule has 0 aliphatic carbocycles. The van der Waals surface area contributed by atoms with E-state index in [1.54, 1.807) is 11.3 Å². The zero-order valence-corrected chi connectivity index (χ0v) is 17.8. The van der Waals surface area contributed by atoms with Crippen molar-refractivity contribution in [2.24, 2.45) is 0 Å². The quantitative estimate of drug-likeness (QED) is 0.580. The van der Waals surface area contributed by atoms with Crippen LogP contribution in [0.3, 0.4) is 0 Å². The van der Waals surface area contributed by atoms with Gasteiger partial charge in [-0.1, -0.05) is 24.1 Å². The van der Waals surface area contributed by atoms with Crippen LogP contribution in [0.1, 0.15) is 42.5 Å². The molecule has 2 saturated heterocycles. The molecule has 2 aliphatic heterocycles. The number of urea groups is 1. The van der Waals surface area contributed by atoms with E-state index in [9.17, 15) is 18.0 Å². The molecule has 2 N–H and O–H groups in total. The molecule has 1 aromatic heterocycles. The minimum atomic E-state index is -4.57. The number of halogens is 4. The van der Waals surface area contributed by atoms with E-state index < -0.39 is 17.8 Å². The van der Waals surface area contributed by atoms with Crippen LogP contribution in [-0.4, -0.2) is 29.1 Å². The molecule has 30 heavy (non-hydrogen) atoms. The number of thiophene rings is 1. The van der Waals surface area contributed by atoms with Crippen molar-refractivity contribution in [2.45, 2.75) is 63.0 Å². The van der Waals surface area contributed by atoms with Crippen molar-refractivity contribution in [3.63, 3.8) is 0 Å². The number of fused-ring (bicyclic) bond motifs is 2. The lowest BCUT2D eigenvalue weighted by Gasteiger charge is -2.48. The van der Waals surface area contributed by atoms with Crippen LogP contribution in [0.25, 0.3) is 0 Å². The number of carbonyl (C=O) groups is 1. The molecule has 0 unspecified atom stereocenters. The molecule has 9 heteroatoms. The maximum Gasteiger partial charge on any atom is 0.417 e. The first-order chi connectivity index (χ1) is 14.3. The summed E-state index contributed by atoms with van der Waals surface area (Å²) in [4.78, 5) is 16.3. The number of alkyl halides is 3. The Labute approximate surface area is 182 Å². The Morgan fingerprint density at radius 3 is 2.57 bits per heavy atom. The summed E-state index contributed by atoms with van der Waals surface area (Å²) in [6.45, 7) is 0.941. The number of piperidine rings is 2. The van der Waals surface area contributed by atoms with Crippen LogP contribution in [0.5, 0.6) is 0 Å². The van der Waals surface area contributed by atoms with Crippen LogP contribution in [0.4, 0.5) is 23.7 Å². The summed E-state index contributed by atoms with van der Waals surface area (Å²) in [6, 6.07) is 7.95. The number of carbonyl (C=O) groups excluding carboxylic acids is 1. The number of anilines is 1. The van der Waals surface area contributed by atoms with Gasteiger partial charge in [-0.05, 0) is 55.3 Å². The minimum Gasteiger partial charge on any atom is -0.335 e. The van der Waals surface area contributed by atoms with E-state index in [4.69, 9.17) is 11.6 Å². The molecule has 2 aromatic rings. The fourth-order valence-electron chi connectivity index (χ4n) is 4.61. The van der Waals surface area contributed by atoms with Crippen LogP contribution in [0.15, 0.2) is 35.7 Å². The molecule has 2 amide bonds. The zero-order valence-electron chi connectivity index (χ0n) is 16.2. The van der Waals surface area contributed by atoms with Gasteiger partial charge in [-0.15, -0.1) is 11.3 Å². The lowest BCUT2D eigenvalue weighted by Crippen LogP contribution is -2.56. The highest BCUT2D eigenvalue weighted by Gasteiger charge is 2.39. The van der Waals surface area contributed by atoms with E-state index >= 15 is 0 Å². The van der Waals surface area contributed by atoms with Crippen molar-refractivity contribution in [1.82, 2.24) is 10.2 Å². The smallest absolute Gasteiger partial charge is 0.335 e. The van der Waals surface area contributed by atoms with Crippen LogP contribution < -0.4 is 10.6 Å². The number of rotatable bonds is 4. The average Bonchev–Trinajstić information content (AvgIpc) is 3.16. The summed E-state index contributed by atoms with van der Waals surface area (Å²) in [5.74, 6) is 0. The van der Waals surface area contributed by atoms with E-state index in [0.29, 0.717) is 12.1 Å². The second kappa shape index (κ2) is 8.77. The van der Waals surface area contributed by atoms with E-state index in [2.05, 4.69) is 33.0 Å². The Hall–Kier alpha value is -1.77. The molecule has 0 saturated carbocycles. The Morgan fingerprint density at radius 2 is 1.93 bits per heavy atom. The van der Waals surface area contributed by atoms with Gasteiger partial charge in [0.15, 0.2) is 0 Å². The third-order valence-electron chi connectivity index (χ3n) is 5.91. The highest BCUT2D eigenvalue weighted by Crippen LogP contribution is 2.37. The van der Waals surface area contributed by atoms with Crippen molar-refractivity contribution >= 4 is 34.7 Å². The monoisotopic (exact) mass is 457 g/mol. The number of nitrogens with zero attached hydrogens (tertiary/aromatic N) is 1. The fourth-order valence-corrected chi connectivity index (χ4v) is 5.55. The lowest BCUT2D eigenvalue weighted by molar-refractivity contribution is -0.137. The van der Waals surface area contributed by atoms with Crippen molar-refractivity contribution in [1.29, 1.82) is 0 Å². The second-order valence-electron chi connectivity index (χ2n) is 7.95. The minimum absolute atomic E-state index is 0.00859. The standard InChI is InChI=1S/C21H23ClF3N3OS/c22-19-7-6-13(11-18(19)21(23,24)25)26-20(29)27-14-9-15-3-1-4-16(10-14)28(15)12-17-5-2-8-30-17/h2,5-8,11,14-16H,1,3-4,9-10,12H2,(H2,26,27,29)/t15-,16-/m0/s1. The summed E-state index contributed by atoms with van der Waals surface area (Å²) in [5, 5.41) is 7.18. The van der Waals surface area contributed by atoms with Gasteiger partial charge in [0.2, 0.25) is 0 Å². The average molecular weight is 458 g/mol. The van der Waals surface area contributed by atoms with E-state index in [1.807, 2.05) is 0 Å². The fraction of sp³-hybridized carbons (Fsp3) is 0.476. The summed E-state index contributed by atoms with van der Waals surface area (Å²) in [6.07, 6.45) is 0.535. The van der Waals surface area contributed by atoms with Gasteiger partial charge in [0.1, 0.15) is 0 Å². The van der Waals surface area contributed by atoms with Gasteiger partial charge in [-0.2, -0.15) is 13.2 Å². The first-order valence-electron chi connectivity index (χ1n) is 10.0. The first-order valence-corrected chi connectivity index (χ1v) is 11.3. The van der Waals surface area contributed by atoms with E-state index in [0.717, 1.165) is 44.4 Å². The van der Waals surface area contributed by atoms with Crippen molar-refractivity contribution in [3.05, 3.63) is 51.2 Å². The van der Waals surface area contributed by atoms with Crippen LogP contribution in [-0.2, 0) is 12.7 Å². The number of nitrogens with one attached hydrogen (secondary N) is 2. The largest absolute Gasteiger partial charge is 0.417 e. The third-order valence-corrected chi connectivity index (χ3v) is 7.10. The molecule has 4 rings (SSSR count). The molecular weight excluding hydrogens is 435 g/mol. The van der Waals surface area contributed by atoms with Crippen molar-refractivity contribution < 1.29 is 18.0 Å². The predicted octanol–water partition coefficient (Wildman–Crippen LogP) is 6.13. The number of hydrogen-bond donors (Lipinski definition) is 2. The van der Waals surface area contributed by atoms with E-state index in [1.165, 1.54) is 17.4 Å². The Bertz CT molecular complexity index is 876. The van der Waals surface area contributed by atoms with Crippen LogP contribution >= 0.6 is 22.9 Å². The molecule has 2 aliphatic rings. The Kier molecular flexibility index (Phi) is 6.27. The molecule has 4 nitrogen and oxygen atoms in total. The molecule has 1 aromatic carbocycles. The van der Waals surface area contributed by atoms with E-state index in [-0.39, 0.29) is 16.8 Å². The highest BCUT2D eigenvalue weighted by molar-refractivity contribution is 7.09. The first kappa shape index (κ1) is 21.5. The zero-order chi connectivity index (χ0) is 21.3. The Morgan fingerprint density at radius 1 is 1.20 bits per heavy atom. The topological polar surface area (TPSA) is 44.4 Å². The molecule has 0 spiro atoms. The maximum absolute atomic E-state index is 13.0. The van der Waals surface area contributed by atoms with Gasteiger partial charge in [0, 0.05) is 35.2 Å². The van der Waals surface area contributed by atoms with Crippen LogP contribution in [0, 0.1) is 0 Å². The van der Waals surface area contributed by atoms with Gasteiger partial charge < -0.3 is 10.6 Å². The van der Waals surface area contributed by atoms with Crippen molar-refractivity contribution in [2.75, 3.05) is 5.32 Å². The molecule has 0 radical (unpaired) electrons. The number of benzene rings is 1. The van der Waals surface area contributed by atoms with Gasteiger partial charge in [0.05, 0.1) is 10.6 Å². The molecule has 2 atom stereocenters. The van der Waals surface area contributed by atoms with Gasteiger partial charge in [0.25, 0.3) is 0 Å². The molecule has 2 bridgehead atoms. The maximum atomic E-state index is 13.0. The Balaban J connectivity index is 1.37. The number of hydrogen-bond acceptors (Lipinski definition) is 3. The number of amides is 2. The van der Waals surface area contributed by atoms with Crippen LogP contribution in [0.2, 0.25) is 5.02 Å². The summed E-state index contributed by atoms with van der Waals surface area (Å²) < 4.78 is 39.1. The normalized spacial score (nSPS) is 24.5. The molecular formula is C21H23ClF3N3OS. The summed E-state index contributed by atoms with van der Waals surface area (Å²) in [5.41, 5.74) is -0.891. The highest BCUT2D eigenvalue weighted by atomic mass is 35.5. The predicted molar refractivity (Wildman–Crippen MR) is 113 cm³/mol. The molecule has 162 valence electrons. The second-order valence-corrected chi connectivity index (χ2v) is 9.39. The third kappa shape index (κ3) is 4.92. The van der Waals surface area contributed by atoms with Gasteiger partial charge >= 0.3 is 12.2 Å². The SMILES string of the molecule is O=C(Nc1ccc(Cl)c(C(F)(F)F)c1)NC1C[C@@H]2CCC[C@@H](C1)N2Cc1cccs1. The molecule has 3 heterocycles. The summed E-state index contributed by atoms with van der Waals surface area (Å²) >= 11 is 7.40. The van der Waals surface area contributed by atoms with Gasteiger partial charge in [-0.3, -0.25) is 4.90 Å². The lowest BCUT2D eigenvalue weighted by atomic mass is 9.81. The molecule has 2 fully saturated rings. The van der Waals surface area contributed by atoms with Crippen molar-refractivity contribution in [3.8, 4) is 0 Å². The van der Waals surface area contributed by atoms with Gasteiger partial charge in [-0.25, -0.2) is 4.79 Å². The summed E-state index contributed by atoms with van der Waals surface area (Å²) in [7, 11) is 0.